The van der Waals surface area contributed by atoms with Crippen molar-refractivity contribution >= 4 is 17.9 Å². The highest BCUT2D eigenvalue weighted by Gasteiger charge is 2.31. The van der Waals surface area contributed by atoms with Gasteiger partial charge in [-0.15, -0.1) is 0 Å². The quantitative estimate of drug-likeness (QED) is 0.0481. The van der Waals surface area contributed by atoms with Crippen molar-refractivity contribution in [2.24, 2.45) is 0 Å². The molecule has 0 amide bonds. The number of aliphatic carboxylic acids is 1. The van der Waals surface area contributed by atoms with Crippen molar-refractivity contribution < 1.29 is 38.2 Å². The van der Waals surface area contributed by atoms with E-state index in [-0.39, 0.29) is 36.2 Å². The van der Waals surface area contributed by atoms with E-state index in [9.17, 15) is 19.5 Å². The lowest BCUT2D eigenvalue weighted by molar-refractivity contribution is -0.887. The van der Waals surface area contributed by atoms with Crippen LogP contribution in [-0.4, -0.2) is 80.6 Å². The number of hydrogen-bond donors (Lipinski definition) is 1. The first-order chi connectivity index (χ1) is 19.6. The fourth-order valence-corrected chi connectivity index (χ4v) is 4.27. The molecule has 2 atom stereocenters. The molecule has 0 aromatic rings. The Hall–Kier alpha value is -2.19. The molecule has 0 aliphatic heterocycles. The highest BCUT2D eigenvalue weighted by Crippen LogP contribution is 2.11. The lowest BCUT2D eigenvalue weighted by Crippen LogP contribution is -2.50. The number of carboxylic acid groups (broad SMARTS) is 1. The molecule has 0 aliphatic rings. The number of rotatable bonds is 27. The van der Waals surface area contributed by atoms with Crippen LogP contribution in [0.2, 0.25) is 0 Å². The molecule has 0 heterocycles. The number of quaternary nitrogens is 1. The van der Waals surface area contributed by atoms with Gasteiger partial charge in [0.1, 0.15) is 6.61 Å². The molecule has 0 aromatic carbocycles. The summed E-state index contributed by atoms with van der Waals surface area (Å²) in [5.41, 5.74) is 0. The van der Waals surface area contributed by atoms with Crippen molar-refractivity contribution in [2.45, 2.75) is 129 Å². The van der Waals surface area contributed by atoms with Crippen molar-refractivity contribution in [2.75, 3.05) is 41.0 Å². The van der Waals surface area contributed by atoms with Crippen LogP contribution in [0.15, 0.2) is 24.3 Å². The Kier molecular flexibility index (Phi) is 24.2. The number of esters is 2. The average Bonchev–Trinajstić information content (AvgIpc) is 2.91. The third-order valence-corrected chi connectivity index (χ3v) is 6.85. The van der Waals surface area contributed by atoms with E-state index < -0.39 is 18.1 Å². The van der Waals surface area contributed by atoms with E-state index in [0.29, 0.717) is 19.3 Å². The summed E-state index contributed by atoms with van der Waals surface area (Å²) in [5.74, 6) is -1.53. The third-order valence-electron chi connectivity index (χ3n) is 6.85. The maximum atomic E-state index is 12.5. The molecule has 0 aromatic heterocycles. The Morgan fingerprint density at radius 1 is 0.732 bits per heavy atom. The number of likely N-dealkylation sites (N-methyl/N-ethyl adjacent to an activating group) is 1. The maximum Gasteiger partial charge on any atom is 0.362 e. The van der Waals surface area contributed by atoms with E-state index in [4.69, 9.17) is 14.2 Å². The van der Waals surface area contributed by atoms with Crippen molar-refractivity contribution in [1.29, 1.82) is 0 Å². The van der Waals surface area contributed by atoms with Crippen LogP contribution in [-0.2, 0) is 28.6 Å². The molecule has 0 radical (unpaired) electrons. The van der Waals surface area contributed by atoms with Crippen molar-refractivity contribution in [1.82, 2.24) is 0 Å². The lowest BCUT2D eigenvalue weighted by atomic mass is 10.1. The Morgan fingerprint density at radius 3 is 1.93 bits per heavy atom. The van der Waals surface area contributed by atoms with Gasteiger partial charge in [0.15, 0.2) is 12.1 Å². The number of carbonyl (C=O) groups is 3. The second-order valence-corrected chi connectivity index (χ2v) is 11.7. The zero-order valence-corrected chi connectivity index (χ0v) is 26.7. The summed E-state index contributed by atoms with van der Waals surface area (Å²) in [6, 6.07) is -0.610. The zero-order valence-electron chi connectivity index (χ0n) is 26.7. The van der Waals surface area contributed by atoms with E-state index >= 15 is 0 Å². The molecule has 0 bridgehead atoms. The molecule has 0 saturated carbocycles. The fraction of sp³-hybridized carbons (Fsp3) is 0.788. The van der Waals surface area contributed by atoms with Crippen LogP contribution in [0.3, 0.4) is 0 Å². The van der Waals surface area contributed by atoms with Gasteiger partial charge in [-0.1, -0.05) is 76.7 Å². The van der Waals surface area contributed by atoms with Crippen LogP contribution in [0.5, 0.6) is 0 Å². The molecular formula is C33H60NO7+. The highest BCUT2D eigenvalue weighted by molar-refractivity contribution is 5.72. The van der Waals surface area contributed by atoms with Crippen LogP contribution in [0.25, 0.3) is 0 Å². The maximum absolute atomic E-state index is 12.5. The summed E-state index contributed by atoms with van der Waals surface area (Å²) < 4.78 is 16.8. The van der Waals surface area contributed by atoms with E-state index in [1.165, 1.54) is 25.7 Å². The van der Waals surface area contributed by atoms with Crippen LogP contribution in [0, 0.1) is 0 Å². The monoisotopic (exact) mass is 582 g/mol. The lowest BCUT2D eigenvalue weighted by Gasteiger charge is -2.31. The standard InChI is InChI=1S/C33H59NO7/c1-6-8-10-11-12-13-14-15-16-17-18-19-20-21-22-24-32(36)41-29(28-40-31(35)23-9-7-2)27-39-26-25-30(33(37)38)34(3,4)5/h12-13,15-16,29-30H,6-11,14,17-28H2,1-5H3/p+1/b13-12-,16-15-. The minimum atomic E-state index is -0.883. The van der Waals surface area contributed by atoms with Gasteiger partial charge in [-0.2, -0.15) is 0 Å². The van der Waals surface area contributed by atoms with Gasteiger partial charge in [-0.3, -0.25) is 9.59 Å². The summed E-state index contributed by atoms with van der Waals surface area (Å²) in [6.45, 7) is 4.42. The van der Waals surface area contributed by atoms with Crippen molar-refractivity contribution in [3.8, 4) is 0 Å². The van der Waals surface area contributed by atoms with E-state index in [0.717, 1.165) is 57.8 Å². The molecule has 0 spiro atoms. The number of unbranched alkanes of at least 4 members (excludes halogenated alkanes) is 9. The summed E-state index contributed by atoms with van der Waals surface area (Å²) in [4.78, 5) is 36.0. The van der Waals surface area contributed by atoms with Gasteiger partial charge in [0.2, 0.25) is 0 Å². The molecule has 238 valence electrons. The molecule has 8 heteroatoms. The minimum Gasteiger partial charge on any atom is -0.477 e. The van der Waals surface area contributed by atoms with Gasteiger partial charge in [-0.05, 0) is 44.9 Å². The highest BCUT2D eigenvalue weighted by atomic mass is 16.6. The third kappa shape index (κ3) is 24.1. The SMILES string of the molecule is CCCCC/C=C\C/C=C\CCCCCCCC(=O)OC(COCCC(C(=O)O)[N+](C)(C)C)COC(=O)CCCC. The molecule has 0 aliphatic carbocycles. The fourth-order valence-electron chi connectivity index (χ4n) is 4.27. The van der Waals surface area contributed by atoms with E-state index in [1.807, 2.05) is 28.1 Å². The van der Waals surface area contributed by atoms with Gasteiger partial charge < -0.3 is 23.8 Å². The smallest absolute Gasteiger partial charge is 0.362 e. The average molecular weight is 583 g/mol. The Balaban J connectivity index is 4.29. The van der Waals surface area contributed by atoms with Crippen molar-refractivity contribution in [3.63, 3.8) is 0 Å². The summed E-state index contributed by atoms with van der Waals surface area (Å²) >= 11 is 0. The first-order valence-corrected chi connectivity index (χ1v) is 15.9. The number of allylic oxidation sites excluding steroid dienone is 4. The van der Waals surface area contributed by atoms with Crippen LogP contribution < -0.4 is 0 Å². The van der Waals surface area contributed by atoms with E-state index in [1.54, 1.807) is 0 Å². The molecule has 2 unspecified atom stereocenters. The minimum absolute atomic E-state index is 0.0540. The Morgan fingerprint density at radius 2 is 1.32 bits per heavy atom. The largest absolute Gasteiger partial charge is 0.477 e. The molecule has 0 saturated heterocycles. The molecule has 41 heavy (non-hydrogen) atoms. The molecule has 0 rings (SSSR count). The second-order valence-electron chi connectivity index (χ2n) is 11.7. The second kappa shape index (κ2) is 25.5. The first-order valence-electron chi connectivity index (χ1n) is 15.9. The zero-order chi connectivity index (χ0) is 30.8. The van der Waals surface area contributed by atoms with Gasteiger partial charge in [0.25, 0.3) is 0 Å². The van der Waals surface area contributed by atoms with Gasteiger partial charge in [-0.25, -0.2) is 4.79 Å². The predicted molar refractivity (Wildman–Crippen MR) is 165 cm³/mol. The van der Waals surface area contributed by atoms with E-state index in [2.05, 4.69) is 31.2 Å². The van der Waals surface area contributed by atoms with Crippen molar-refractivity contribution in [3.05, 3.63) is 24.3 Å². The number of hydrogen-bond acceptors (Lipinski definition) is 6. The molecule has 8 nitrogen and oxygen atoms in total. The summed E-state index contributed by atoms with van der Waals surface area (Å²) in [7, 11) is 5.48. The first kappa shape index (κ1) is 38.8. The number of nitrogens with zero attached hydrogens (tertiary/aromatic N) is 1. The van der Waals surface area contributed by atoms with Crippen LogP contribution in [0.1, 0.15) is 117 Å². The number of ether oxygens (including phenoxy) is 3. The van der Waals surface area contributed by atoms with Gasteiger partial charge in [0.05, 0.1) is 34.4 Å². The van der Waals surface area contributed by atoms with Crippen LogP contribution in [0.4, 0.5) is 0 Å². The van der Waals surface area contributed by atoms with Gasteiger partial charge >= 0.3 is 17.9 Å². The topological polar surface area (TPSA) is 99.1 Å². The predicted octanol–water partition coefficient (Wildman–Crippen LogP) is 7.01. The molecule has 1 N–H and O–H groups in total. The molecule has 0 fully saturated rings. The number of carbonyl (C=O) groups excluding carboxylic acids is 2. The Bertz CT molecular complexity index is 742. The van der Waals surface area contributed by atoms with Gasteiger partial charge in [0, 0.05) is 19.3 Å². The Labute approximate surface area is 250 Å². The normalized spacial score (nSPS) is 13.5. The summed E-state index contributed by atoms with van der Waals surface area (Å²) in [6.07, 6.45) is 23.2. The van der Waals surface area contributed by atoms with Crippen LogP contribution >= 0.6 is 0 Å². The number of carboxylic acids is 1. The molecular weight excluding hydrogens is 522 g/mol. The summed E-state index contributed by atoms with van der Waals surface area (Å²) in [5, 5.41) is 9.48.